The van der Waals surface area contributed by atoms with Crippen molar-refractivity contribution in [3.05, 3.63) is 24.3 Å². The van der Waals surface area contributed by atoms with Crippen molar-refractivity contribution >= 4 is 23.5 Å². The minimum Gasteiger partial charge on any atom is -0.450 e. The SMILES string of the molecule is CCOC(=O)Nc1ccccc1SC(F)F. The average Bonchev–Trinajstić information content (AvgIpc) is 2.20. The van der Waals surface area contributed by atoms with Crippen LogP contribution in [0.2, 0.25) is 0 Å². The Labute approximate surface area is 96.2 Å². The first-order chi connectivity index (χ1) is 7.63. The zero-order chi connectivity index (χ0) is 12.0. The van der Waals surface area contributed by atoms with Crippen molar-refractivity contribution in [3.63, 3.8) is 0 Å². The molecule has 0 heterocycles. The Bertz CT molecular complexity index is 360. The van der Waals surface area contributed by atoms with Gasteiger partial charge in [0.05, 0.1) is 12.3 Å². The Morgan fingerprint density at radius 2 is 2.19 bits per heavy atom. The number of benzene rings is 1. The van der Waals surface area contributed by atoms with Crippen LogP contribution in [0.4, 0.5) is 19.3 Å². The molecule has 1 amide bonds. The molecule has 0 fully saturated rings. The molecule has 0 aliphatic carbocycles. The number of halogens is 2. The summed E-state index contributed by atoms with van der Waals surface area (Å²) < 4.78 is 29.1. The van der Waals surface area contributed by atoms with E-state index in [-0.39, 0.29) is 6.61 Å². The standard InChI is InChI=1S/C10H11F2NO2S/c1-2-15-10(14)13-7-5-3-4-6-8(7)16-9(11)12/h3-6,9H,2H2,1H3,(H,13,14). The smallest absolute Gasteiger partial charge is 0.411 e. The number of amides is 1. The Morgan fingerprint density at radius 1 is 1.50 bits per heavy atom. The van der Waals surface area contributed by atoms with E-state index in [9.17, 15) is 13.6 Å². The third-order valence-electron chi connectivity index (χ3n) is 1.62. The van der Waals surface area contributed by atoms with Gasteiger partial charge in [-0.25, -0.2) is 4.79 Å². The summed E-state index contributed by atoms with van der Waals surface area (Å²) in [7, 11) is 0. The molecule has 16 heavy (non-hydrogen) atoms. The van der Waals surface area contributed by atoms with E-state index in [0.29, 0.717) is 22.3 Å². The molecule has 0 atom stereocenters. The molecule has 1 aromatic carbocycles. The molecule has 6 heteroatoms. The van der Waals surface area contributed by atoms with Crippen molar-refractivity contribution in [1.29, 1.82) is 0 Å². The van der Waals surface area contributed by atoms with E-state index in [1.807, 2.05) is 0 Å². The van der Waals surface area contributed by atoms with Gasteiger partial charge in [0, 0.05) is 4.90 Å². The second-order valence-electron chi connectivity index (χ2n) is 2.72. The summed E-state index contributed by atoms with van der Waals surface area (Å²) >= 11 is 0.382. The number of anilines is 1. The highest BCUT2D eigenvalue weighted by molar-refractivity contribution is 7.99. The third-order valence-corrected chi connectivity index (χ3v) is 2.40. The minimum atomic E-state index is -2.52. The van der Waals surface area contributed by atoms with Crippen molar-refractivity contribution in [2.75, 3.05) is 11.9 Å². The van der Waals surface area contributed by atoms with Crippen LogP contribution in [0.1, 0.15) is 6.92 Å². The fourth-order valence-electron chi connectivity index (χ4n) is 1.05. The zero-order valence-electron chi connectivity index (χ0n) is 8.57. The van der Waals surface area contributed by atoms with E-state index >= 15 is 0 Å². The molecule has 88 valence electrons. The normalized spacial score (nSPS) is 10.2. The van der Waals surface area contributed by atoms with Gasteiger partial charge in [0.15, 0.2) is 0 Å². The number of hydrogen-bond donors (Lipinski definition) is 1. The third kappa shape index (κ3) is 4.06. The zero-order valence-corrected chi connectivity index (χ0v) is 9.39. The Morgan fingerprint density at radius 3 is 2.81 bits per heavy atom. The molecule has 0 unspecified atom stereocenters. The van der Waals surface area contributed by atoms with Gasteiger partial charge in [-0.1, -0.05) is 23.9 Å². The summed E-state index contributed by atoms with van der Waals surface area (Å²) in [5.74, 6) is -2.52. The van der Waals surface area contributed by atoms with Gasteiger partial charge in [0.1, 0.15) is 0 Å². The largest absolute Gasteiger partial charge is 0.450 e. The van der Waals surface area contributed by atoms with Gasteiger partial charge in [-0.05, 0) is 19.1 Å². The maximum absolute atomic E-state index is 12.2. The number of carbonyl (C=O) groups is 1. The number of alkyl halides is 2. The van der Waals surface area contributed by atoms with E-state index in [0.717, 1.165) is 0 Å². The first kappa shape index (κ1) is 12.8. The lowest BCUT2D eigenvalue weighted by molar-refractivity contribution is 0.168. The summed E-state index contributed by atoms with van der Waals surface area (Å²) in [6.07, 6.45) is -0.648. The number of hydrogen-bond acceptors (Lipinski definition) is 3. The van der Waals surface area contributed by atoms with Gasteiger partial charge < -0.3 is 4.74 Å². The highest BCUT2D eigenvalue weighted by atomic mass is 32.2. The van der Waals surface area contributed by atoms with Crippen LogP contribution in [0.5, 0.6) is 0 Å². The second kappa shape index (κ2) is 6.32. The van der Waals surface area contributed by atoms with Crippen LogP contribution >= 0.6 is 11.8 Å². The number of ether oxygens (including phenoxy) is 1. The molecule has 0 spiro atoms. The number of rotatable bonds is 4. The summed E-state index contributed by atoms with van der Waals surface area (Å²) in [6, 6.07) is 6.33. The molecule has 1 rings (SSSR count). The van der Waals surface area contributed by atoms with Crippen molar-refractivity contribution in [1.82, 2.24) is 0 Å². The molecule has 0 aliphatic heterocycles. The molecule has 3 nitrogen and oxygen atoms in total. The molecule has 0 saturated carbocycles. The quantitative estimate of drug-likeness (QED) is 0.826. The van der Waals surface area contributed by atoms with Crippen molar-refractivity contribution in [2.24, 2.45) is 0 Å². The predicted octanol–water partition coefficient (Wildman–Crippen LogP) is 3.57. The molecular formula is C10H11F2NO2S. The van der Waals surface area contributed by atoms with Crippen LogP contribution in [0.25, 0.3) is 0 Å². The molecule has 0 aliphatic rings. The number of nitrogens with one attached hydrogen (secondary N) is 1. The molecular weight excluding hydrogens is 236 g/mol. The fourth-order valence-corrected chi connectivity index (χ4v) is 1.64. The van der Waals surface area contributed by atoms with Crippen molar-refractivity contribution < 1.29 is 18.3 Å². The molecule has 0 radical (unpaired) electrons. The van der Waals surface area contributed by atoms with E-state index in [1.165, 1.54) is 6.07 Å². The van der Waals surface area contributed by atoms with E-state index in [1.54, 1.807) is 25.1 Å². The first-order valence-electron chi connectivity index (χ1n) is 4.61. The lowest BCUT2D eigenvalue weighted by atomic mass is 10.3. The number of thioether (sulfide) groups is 1. The number of carbonyl (C=O) groups excluding carboxylic acids is 1. The van der Waals surface area contributed by atoms with E-state index < -0.39 is 11.9 Å². The van der Waals surface area contributed by atoms with Gasteiger partial charge in [-0.3, -0.25) is 5.32 Å². The van der Waals surface area contributed by atoms with Gasteiger partial charge in [-0.2, -0.15) is 8.78 Å². The average molecular weight is 247 g/mol. The summed E-state index contributed by atoms with van der Waals surface area (Å²) in [5.41, 5.74) is 0.325. The van der Waals surface area contributed by atoms with Crippen LogP contribution in [0.3, 0.4) is 0 Å². The minimum absolute atomic E-state index is 0.232. The second-order valence-corrected chi connectivity index (χ2v) is 3.75. The molecule has 1 aromatic rings. The fraction of sp³-hybridized carbons (Fsp3) is 0.300. The Kier molecular flexibility index (Phi) is 5.04. The first-order valence-corrected chi connectivity index (χ1v) is 5.49. The predicted molar refractivity (Wildman–Crippen MR) is 58.9 cm³/mol. The molecule has 0 saturated heterocycles. The molecule has 0 aromatic heterocycles. The lowest BCUT2D eigenvalue weighted by Crippen LogP contribution is -2.13. The topological polar surface area (TPSA) is 38.3 Å². The van der Waals surface area contributed by atoms with E-state index in [4.69, 9.17) is 0 Å². The Balaban J connectivity index is 2.74. The van der Waals surface area contributed by atoms with Crippen molar-refractivity contribution in [3.8, 4) is 0 Å². The van der Waals surface area contributed by atoms with Gasteiger partial charge in [0.25, 0.3) is 5.76 Å². The highest BCUT2D eigenvalue weighted by Gasteiger charge is 2.11. The van der Waals surface area contributed by atoms with Crippen molar-refractivity contribution in [2.45, 2.75) is 17.6 Å². The van der Waals surface area contributed by atoms with Crippen LogP contribution in [0, 0.1) is 0 Å². The van der Waals surface area contributed by atoms with Gasteiger partial charge in [0.2, 0.25) is 0 Å². The molecule has 1 N–H and O–H groups in total. The highest BCUT2D eigenvalue weighted by Crippen LogP contribution is 2.31. The summed E-state index contributed by atoms with van der Waals surface area (Å²) in [4.78, 5) is 11.4. The lowest BCUT2D eigenvalue weighted by Gasteiger charge is -2.09. The monoisotopic (exact) mass is 247 g/mol. The van der Waals surface area contributed by atoms with Gasteiger partial charge >= 0.3 is 6.09 Å². The van der Waals surface area contributed by atoms with Gasteiger partial charge in [-0.15, -0.1) is 0 Å². The molecule has 0 bridgehead atoms. The van der Waals surface area contributed by atoms with E-state index in [2.05, 4.69) is 10.1 Å². The number of para-hydroxylation sites is 1. The van der Waals surface area contributed by atoms with Crippen LogP contribution in [0.15, 0.2) is 29.2 Å². The van der Waals surface area contributed by atoms with Crippen LogP contribution in [-0.2, 0) is 4.74 Å². The Hall–Kier alpha value is -1.30. The summed E-state index contributed by atoms with van der Waals surface area (Å²) in [6.45, 7) is 1.90. The maximum atomic E-state index is 12.2. The van der Waals surface area contributed by atoms with Crippen LogP contribution in [-0.4, -0.2) is 18.5 Å². The maximum Gasteiger partial charge on any atom is 0.411 e. The summed E-state index contributed by atoms with van der Waals surface area (Å²) in [5, 5.41) is 2.40. The van der Waals surface area contributed by atoms with Crippen LogP contribution < -0.4 is 5.32 Å².